The molecule has 0 bridgehead atoms. The van der Waals surface area contributed by atoms with Crippen LogP contribution in [0.4, 0.5) is 0 Å². The molecule has 0 radical (unpaired) electrons. The van der Waals surface area contributed by atoms with Gasteiger partial charge in [-0.25, -0.2) is 0 Å². The average Bonchev–Trinajstić information content (AvgIpc) is 2.31. The maximum atomic E-state index is 5.85. The normalized spacial score (nSPS) is 10.2. The summed E-state index contributed by atoms with van der Waals surface area (Å²) < 4.78 is 0. The van der Waals surface area contributed by atoms with Crippen LogP contribution < -0.4 is 5.73 Å². The van der Waals surface area contributed by atoms with Crippen LogP contribution in [-0.4, -0.2) is 6.54 Å². The van der Waals surface area contributed by atoms with E-state index in [9.17, 15) is 0 Å². The van der Waals surface area contributed by atoms with E-state index >= 15 is 0 Å². The molecule has 1 nitrogen and oxygen atoms in total. The van der Waals surface area contributed by atoms with Gasteiger partial charge in [-0.2, -0.15) is 0 Å². The maximum Gasteiger partial charge on any atom is 0.0544 e. The second-order valence-corrected chi connectivity index (χ2v) is 3.49. The number of thiophene rings is 1. The van der Waals surface area contributed by atoms with Crippen LogP contribution >= 0.6 is 22.9 Å². The molecule has 0 saturated carbocycles. The number of rotatable bonds is 3. The fourth-order valence-electron chi connectivity index (χ4n) is 0.766. The van der Waals surface area contributed by atoms with Crippen LogP contribution in [0.2, 0.25) is 5.02 Å². The zero-order valence-electron chi connectivity index (χ0n) is 5.64. The Morgan fingerprint density at radius 2 is 2.40 bits per heavy atom. The third kappa shape index (κ3) is 1.97. The van der Waals surface area contributed by atoms with Crippen LogP contribution in [0.1, 0.15) is 11.3 Å². The predicted octanol–water partition coefficient (Wildman–Crippen LogP) is 2.29. The highest BCUT2D eigenvalue weighted by Crippen LogP contribution is 2.22. The van der Waals surface area contributed by atoms with Crippen molar-refractivity contribution in [2.24, 2.45) is 5.73 Å². The summed E-state index contributed by atoms with van der Waals surface area (Å²) in [6, 6.07) is 1.93. The molecule has 0 aliphatic carbocycles. The Bertz CT molecular complexity index is 197. The van der Waals surface area contributed by atoms with Crippen LogP contribution in [0, 0.1) is 0 Å². The molecule has 3 heteroatoms. The standard InChI is InChI=1S/C7H10ClNS/c8-6-3-5-10-7(6)2-1-4-9/h3,5H,1-2,4,9H2. The number of nitrogens with two attached hydrogens (primary N) is 1. The third-order valence-electron chi connectivity index (χ3n) is 1.30. The molecule has 1 aromatic rings. The van der Waals surface area contributed by atoms with Crippen molar-refractivity contribution >= 4 is 22.9 Å². The van der Waals surface area contributed by atoms with E-state index in [1.165, 1.54) is 4.88 Å². The van der Waals surface area contributed by atoms with E-state index in [0.717, 1.165) is 24.4 Å². The predicted molar refractivity (Wildman–Crippen MR) is 46.7 cm³/mol. The molecule has 10 heavy (non-hydrogen) atoms. The molecule has 0 aliphatic heterocycles. The fourth-order valence-corrected chi connectivity index (χ4v) is 1.94. The molecule has 0 saturated heterocycles. The summed E-state index contributed by atoms with van der Waals surface area (Å²) in [5, 5.41) is 2.90. The zero-order valence-corrected chi connectivity index (χ0v) is 7.21. The summed E-state index contributed by atoms with van der Waals surface area (Å²) in [6.45, 7) is 0.744. The van der Waals surface area contributed by atoms with Gasteiger partial charge in [0.2, 0.25) is 0 Å². The molecule has 2 N–H and O–H groups in total. The Morgan fingerprint density at radius 1 is 1.60 bits per heavy atom. The van der Waals surface area contributed by atoms with Gasteiger partial charge in [0.15, 0.2) is 0 Å². The van der Waals surface area contributed by atoms with Gasteiger partial charge in [0, 0.05) is 4.88 Å². The van der Waals surface area contributed by atoms with Crippen molar-refractivity contribution in [1.82, 2.24) is 0 Å². The molecule has 56 valence electrons. The molecule has 0 fully saturated rings. The van der Waals surface area contributed by atoms with Crippen LogP contribution in [-0.2, 0) is 6.42 Å². The SMILES string of the molecule is NCCCc1sccc1Cl. The molecule has 1 rings (SSSR count). The van der Waals surface area contributed by atoms with Crippen LogP contribution in [0.25, 0.3) is 0 Å². The van der Waals surface area contributed by atoms with E-state index in [-0.39, 0.29) is 0 Å². The molecule has 0 aromatic carbocycles. The number of hydrogen-bond acceptors (Lipinski definition) is 2. The van der Waals surface area contributed by atoms with Crippen molar-refractivity contribution in [3.63, 3.8) is 0 Å². The summed E-state index contributed by atoms with van der Waals surface area (Å²) in [5.74, 6) is 0. The number of aryl methyl sites for hydroxylation is 1. The van der Waals surface area contributed by atoms with Crippen molar-refractivity contribution < 1.29 is 0 Å². The Balaban J connectivity index is 2.49. The minimum atomic E-state index is 0.744. The van der Waals surface area contributed by atoms with E-state index in [1.807, 2.05) is 11.4 Å². The number of hydrogen-bond donors (Lipinski definition) is 1. The van der Waals surface area contributed by atoms with Crippen molar-refractivity contribution in [2.75, 3.05) is 6.54 Å². The fraction of sp³-hybridized carbons (Fsp3) is 0.429. The first-order valence-electron chi connectivity index (χ1n) is 3.26. The highest BCUT2D eigenvalue weighted by atomic mass is 35.5. The minimum Gasteiger partial charge on any atom is -0.330 e. The van der Waals surface area contributed by atoms with Gasteiger partial charge >= 0.3 is 0 Å². The van der Waals surface area contributed by atoms with Gasteiger partial charge in [-0.3, -0.25) is 0 Å². The molecule has 0 atom stereocenters. The van der Waals surface area contributed by atoms with Gasteiger partial charge in [0.25, 0.3) is 0 Å². The highest BCUT2D eigenvalue weighted by Gasteiger charge is 1.98. The molecular weight excluding hydrogens is 166 g/mol. The molecule has 0 amide bonds. The van der Waals surface area contributed by atoms with E-state index in [2.05, 4.69) is 0 Å². The van der Waals surface area contributed by atoms with Gasteiger partial charge in [-0.1, -0.05) is 11.6 Å². The highest BCUT2D eigenvalue weighted by molar-refractivity contribution is 7.10. The quantitative estimate of drug-likeness (QED) is 0.750. The lowest BCUT2D eigenvalue weighted by atomic mass is 10.3. The summed E-state index contributed by atoms with van der Waals surface area (Å²) >= 11 is 7.55. The second-order valence-electron chi connectivity index (χ2n) is 2.08. The van der Waals surface area contributed by atoms with E-state index in [4.69, 9.17) is 17.3 Å². The Labute approximate surface area is 69.8 Å². The lowest BCUT2D eigenvalue weighted by molar-refractivity contribution is 0.843. The first kappa shape index (κ1) is 8.05. The van der Waals surface area contributed by atoms with E-state index in [0.29, 0.717) is 0 Å². The summed E-state index contributed by atoms with van der Waals surface area (Å²) in [5.41, 5.74) is 5.36. The monoisotopic (exact) mass is 175 g/mol. The lowest BCUT2D eigenvalue weighted by Gasteiger charge is -1.93. The van der Waals surface area contributed by atoms with Gasteiger partial charge < -0.3 is 5.73 Å². The van der Waals surface area contributed by atoms with Gasteiger partial charge in [0.05, 0.1) is 5.02 Å². The Kier molecular flexibility index (Phi) is 3.19. The van der Waals surface area contributed by atoms with Crippen molar-refractivity contribution in [3.8, 4) is 0 Å². The molecular formula is C7H10ClNS. The van der Waals surface area contributed by atoms with Crippen LogP contribution in [0.3, 0.4) is 0 Å². The smallest absolute Gasteiger partial charge is 0.0544 e. The topological polar surface area (TPSA) is 26.0 Å². The molecule has 0 spiro atoms. The van der Waals surface area contributed by atoms with Crippen molar-refractivity contribution in [2.45, 2.75) is 12.8 Å². The van der Waals surface area contributed by atoms with Gasteiger partial charge in [0.1, 0.15) is 0 Å². The maximum absolute atomic E-state index is 5.85. The molecule has 1 aromatic heterocycles. The summed E-state index contributed by atoms with van der Waals surface area (Å²) in [6.07, 6.45) is 2.05. The van der Waals surface area contributed by atoms with E-state index in [1.54, 1.807) is 11.3 Å². The molecule has 1 heterocycles. The zero-order chi connectivity index (χ0) is 7.40. The lowest BCUT2D eigenvalue weighted by Crippen LogP contribution is -1.99. The average molecular weight is 176 g/mol. The second kappa shape index (κ2) is 3.96. The summed E-state index contributed by atoms with van der Waals surface area (Å²) in [7, 11) is 0. The largest absolute Gasteiger partial charge is 0.330 e. The first-order chi connectivity index (χ1) is 4.84. The van der Waals surface area contributed by atoms with Crippen molar-refractivity contribution in [3.05, 3.63) is 21.3 Å². The minimum absolute atomic E-state index is 0.744. The van der Waals surface area contributed by atoms with Crippen molar-refractivity contribution in [1.29, 1.82) is 0 Å². The van der Waals surface area contributed by atoms with Gasteiger partial charge in [-0.15, -0.1) is 11.3 Å². The third-order valence-corrected chi connectivity index (χ3v) is 2.75. The Hall–Kier alpha value is -0.0500. The molecule has 0 aliphatic rings. The summed E-state index contributed by atoms with van der Waals surface area (Å²) in [4.78, 5) is 1.26. The van der Waals surface area contributed by atoms with Crippen LogP contribution in [0.5, 0.6) is 0 Å². The van der Waals surface area contributed by atoms with E-state index < -0.39 is 0 Å². The number of halogens is 1. The van der Waals surface area contributed by atoms with Gasteiger partial charge in [-0.05, 0) is 30.8 Å². The molecule has 0 unspecified atom stereocenters. The Morgan fingerprint density at radius 3 is 2.90 bits per heavy atom. The van der Waals surface area contributed by atoms with Crippen LogP contribution in [0.15, 0.2) is 11.4 Å². The first-order valence-corrected chi connectivity index (χ1v) is 4.52.